The summed E-state index contributed by atoms with van der Waals surface area (Å²) >= 11 is 0. The third-order valence-corrected chi connectivity index (χ3v) is 4.29. The van der Waals surface area contributed by atoms with Gasteiger partial charge in [0.25, 0.3) is 5.56 Å². The molecular formula is C22H17N3O3. The van der Waals surface area contributed by atoms with Crippen LogP contribution in [0.15, 0.2) is 71.8 Å². The van der Waals surface area contributed by atoms with E-state index in [-0.39, 0.29) is 12.2 Å². The van der Waals surface area contributed by atoms with Gasteiger partial charge in [-0.05, 0) is 30.7 Å². The van der Waals surface area contributed by atoms with E-state index in [0.717, 1.165) is 22.0 Å². The summed E-state index contributed by atoms with van der Waals surface area (Å²) in [5, 5.41) is 0.995. The molecule has 6 heteroatoms. The molecule has 4 aromatic rings. The summed E-state index contributed by atoms with van der Waals surface area (Å²) in [4.78, 5) is 33.0. The number of rotatable bonds is 4. The van der Waals surface area contributed by atoms with E-state index < -0.39 is 5.97 Å². The van der Waals surface area contributed by atoms with Gasteiger partial charge in [-0.1, -0.05) is 30.3 Å². The molecule has 3 aromatic heterocycles. The van der Waals surface area contributed by atoms with E-state index in [9.17, 15) is 9.59 Å². The highest BCUT2D eigenvalue weighted by Crippen LogP contribution is 2.17. The van der Waals surface area contributed by atoms with Crippen molar-refractivity contribution in [1.29, 1.82) is 0 Å². The lowest BCUT2D eigenvalue weighted by Gasteiger charge is -2.05. The maximum absolute atomic E-state index is 12.2. The van der Waals surface area contributed by atoms with Gasteiger partial charge in [0.05, 0.1) is 11.2 Å². The SMILES string of the molecule is Cc1ccc2nc(COC(=O)/C=C/c3cccc4cccnc34)cc(=O)n2c1. The Bertz CT molecular complexity index is 1270. The smallest absolute Gasteiger partial charge is 0.331 e. The molecule has 28 heavy (non-hydrogen) atoms. The van der Waals surface area contributed by atoms with Gasteiger partial charge in [0.1, 0.15) is 12.3 Å². The summed E-state index contributed by atoms with van der Waals surface area (Å²) in [7, 11) is 0. The van der Waals surface area contributed by atoms with Crippen molar-refractivity contribution in [2.24, 2.45) is 0 Å². The van der Waals surface area contributed by atoms with Crippen LogP contribution in [0.25, 0.3) is 22.6 Å². The minimum atomic E-state index is -0.515. The van der Waals surface area contributed by atoms with E-state index in [2.05, 4.69) is 9.97 Å². The number of ether oxygens (including phenoxy) is 1. The van der Waals surface area contributed by atoms with Gasteiger partial charge < -0.3 is 4.74 Å². The summed E-state index contributed by atoms with van der Waals surface area (Å²) in [5.74, 6) is -0.515. The molecule has 0 atom stereocenters. The number of aryl methyl sites for hydroxylation is 1. The fourth-order valence-corrected chi connectivity index (χ4v) is 2.95. The topological polar surface area (TPSA) is 73.6 Å². The van der Waals surface area contributed by atoms with Gasteiger partial charge in [0.15, 0.2) is 0 Å². The summed E-state index contributed by atoms with van der Waals surface area (Å²) < 4.78 is 6.70. The standard InChI is InChI=1S/C22H17N3O3/c1-15-7-9-19-24-18(12-20(26)25(19)13-15)14-28-21(27)10-8-17-5-2-4-16-6-3-11-23-22(16)17/h2-13H,14H2,1H3/b10-8+. The van der Waals surface area contributed by atoms with E-state index in [4.69, 9.17) is 4.74 Å². The van der Waals surface area contributed by atoms with E-state index in [0.29, 0.717) is 11.3 Å². The lowest BCUT2D eigenvalue weighted by Crippen LogP contribution is -2.16. The second kappa shape index (κ2) is 7.44. The molecule has 0 bridgehead atoms. The first-order valence-corrected chi connectivity index (χ1v) is 8.78. The summed E-state index contributed by atoms with van der Waals surface area (Å²) in [5.41, 5.74) is 3.31. The maximum Gasteiger partial charge on any atom is 0.331 e. The van der Waals surface area contributed by atoms with Crippen molar-refractivity contribution in [2.45, 2.75) is 13.5 Å². The fourth-order valence-electron chi connectivity index (χ4n) is 2.95. The Morgan fingerprint density at radius 2 is 2.04 bits per heavy atom. The Morgan fingerprint density at radius 3 is 2.93 bits per heavy atom. The van der Waals surface area contributed by atoms with E-state index in [1.54, 1.807) is 24.5 Å². The summed E-state index contributed by atoms with van der Waals surface area (Å²) in [6.07, 6.45) is 6.45. The lowest BCUT2D eigenvalue weighted by molar-refractivity contribution is -0.139. The highest BCUT2D eigenvalue weighted by molar-refractivity contribution is 5.92. The number of hydrogen-bond donors (Lipinski definition) is 0. The Labute approximate surface area is 160 Å². The molecule has 0 radical (unpaired) electrons. The highest BCUT2D eigenvalue weighted by atomic mass is 16.5. The van der Waals surface area contributed by atoms with Gasteiger partial charge in [-0.15, -0.1) is 0 Å². The molecule has 0 aliphatic rings. The first-order chi connectivity index (χ1) is 13.6. The molecule has 0 saturated heterocycles. The van der Waals surface area contributed by atoms with Gasteiger partial charge in [0, 0.05) is 35.5 Å². The predicted molar refractivity (Wildman–Crippen MR) is 107 cm³/mol. The number of aromatic nitrogens is 3. The van der Waals surface area contributed by atoms with Crippen molar-refractivity contribution in [1.82, 2.24) is 14.4 Å². The Morgan fingerprint density at radius 1 is 1.18 bits per heavy atom. The van der Waals surface area contributed by atoms with Crippen molar-refractivity contribution >= 4 is 28.6 Å². The van der Waals surface area contributed by atoms with Crippen LogP contribution in [0, 0.1) is 6.92 Å². The first-order valence-electron chi connectivity index (χ1n) is 8.78. The summed E-state index contributed by atoms with van der Waals surface area (Å²) in [6.45, 7) is 1.83. The number of nitrogens with zero attached hydrogens (tertiary/aromatic N) is 3. The van der Waals surface area contributed by atoms with Crippen LogP contribution in [-0.4, -0.2) is 20.3 Å². The summed E-state index contributed by atoms with van der Waals surface area (Å²) in [6, 6.07) is 14.6. The number of carbonyl (C=O) groups is 1. The number of fused-ring (bicyclic) bond motifs is 2. The van der Waals surface area contributed by atoms with Gasteiger partial charge in [0.2, 0.25) is 0 Å². The Hall–Kier alpha value is -3.80. The monoisotopic (exact) mass is 371 g/mol. The van der Waals surface area contributed by atoms with Gasteiger partial charge in [-0.2, -0.15) is 0 Å². The molecule has 0 aliphatic carbocycles. The van der Waals surface area contributed by atoms with Crippen LogP contribution in [0.3, 0.4) is 0 Å². The van der Waals surface area contributed by atoms with Gasteiger partial charge >= 0.3 is 5.97 Å². The fraction of sp³-hybridized carbons (Fsp3) is 0.0909. The Balaban J connectivity index is 1.48. The van der Waals surface area contributed by atoms with Gasteiger partial charge in [-0.25, -0.2) is 9.78 Å². The van der Waals surface area contributed by atoms with Crippen molar-refractivity contribution in [3.05, 3.63) is 94.2 Å². The number of benzene rings is 1. The normalized spacial score (nSPS) is 11.3. The first kappa shape index (κ1) is 17.6. The number of esters is 1. The number of hydrogen-bond acceptors (Lipinski definition) is 5. The average molecular weight is 371 g/mol. The van der Waals surface area contributed by atoms with E-state index in [1.165, 1.54) is 16.5 Å². The molecule has 0 N–H and O–H groups in total. The zero-order valence-electron chi connectivity index (χ0n) is 15.2. The second-order valence-corrected chi connectivity index (χ2v) is 6.38. The van der Waals surface area contributed by atoms with Gasteiger partial charge in [-0.3, -0.25) is 14.2 Å². The third kappa shape index (κ3) is 3.66. The molecule has 0 spiro atoms. The quantitative estimate of drug-likeness (QED) is 0.406. The molecule has 3 heterocycles. The van der Waals surface area contributed by atoms with Crippen LogP contribution < -0.4 is 5.56 Å². The van der Waals surface area contributed by atoms with E-state index in [1.807, 2.05) is 43.3 Å². The Kier molecular flexibility index (Phi) is 4.68. The molecular weight excluding hydrogens is 354 g/mol. The van der Waals surface area contributed by atoms with E-state index >= 15 is 0 Å². The van der Waals surface area contributed by atoms with Crippen LogP contribution >= 0.6 is 0 Å². The van der Waals surface area contributed by atoms with Crippen LogP contribution in [0.4, 0.5) is 0 Å². The molecule has 0 unspecified atom stereocenters. The van der Waals surface area contributed by atoms with Crippen molar-refractivity contribution in [3.63, 3.8) is 0 Å². The molecule has 6 nitrogen and oxygen atoms in total. The average Bonchev–Trinajstić information content (AvgIpc) is 2.71. The second-order valence-electron chi connectivity index (χ2n) is 6.38. The zero-order chi connectivity index (χ0) is 19.5. The predicted octanol–water partition coefficient (Wildman–Crippen LogP) is 3.31. The number of pyridine rings is 2. The molecule has 0 saturated carbocycles. The number of para-hydroxylation sites is 1. The molecule has 0 fully saturated rings. The highest BCUT2D eigenvalue weighted by Gasteiger charge is 2.06. The molecule has 4 rings (SSSR count). The lowest BCUT2D eigenvalue weighted by atomic mass is 10.1. The van der Waals surface area contributed by atoms with Crippen molar-refractivity contribution in [3.8, 4) is 0 Å². The van der Waals surface area contributed by atoms with Crippen molar-refractivity contribution in [2.75, 3.05) is 0 Å². The molecule has 0 aliphatic heterocycles. The zero-order valence-corrected chi connectivity index (χ0v) is 15.2. The number of carbonyl (C=O) groups excluding carboxylic acids is 1. The largest absolute Gasteiger partial charge is 0.456 e. The minimum absolute atomic E-state index is 0.0728. The molecule has 1 aromatic carbocycles. The van der Waals surface area contributed by atoms with Crippen molar-refractivity contribution < 1.29 is 9.53 Å². The molecule has 0 amide bonds. The minimum Gasteiger partial charge on any atom is -0.456 e. The molecule has 138 valence electrons. The maximum atomic E-state index is 12.2. The third-order valence-electron chi connectivity index (χ3n) is 4.29. The van der Waals surface area contributed by atoms with Crippen LogP contribution in [-0.2, 0) is 16.1 Å². The van der Waals surface area contributed by atoms with Crippen LogP contribution in [0.5, 0.6) is 0 Å². The van der Waals surface area contributed by atoms with Crippen LogP contribution in [0.1, 0.15) is 16.8 Å². The van der Waals surface area contributed by atoms with Crippen LogP contribution in [0.2, 0.25) is 0 Å².